The average Bonchev–Trinajstić information content (AvgIpc) is 2.48. The van der Waals surface area contributed by atoms with E-state index in [4.69, 9.17) is 10.4 Å². The lowest BCUT2D eigenvalue weighted by atomic mass is 10.1. The second-order valence-corrected chi connectivity index (χ2v) is 4.69. The Hall–Kier alpha value is -2.42. The van der Waals surface area contributed by atoms with E-state index in [0.717, 1.165) is 5.56 Å². The molecule has 0 spiro atoms. The van der Waals surface area contributed by atoms with Crippen molar-refractivity contribution in [1.82, 2.24) is 9.88 Å². The molecule has 0 saturated carbocycles. The van der Waals surface area contributed by atoms with Crippen LogP contribution in [0.15, 0.2) is 24.5 Å². The second-order valence-electron chi connectivity index (χ2n) is 4.69. The zero-order valence-electron chi connectivity index (χ0n) is 11.9. The molecule has 0 bridgehead atoms. The standard InChI is InChI=1S/C15H19N3O3/c16-8-4-10-18(12-13-5-3-9-17-11-13)14(19)6-1-2-7-15(20)21/h3,5,9,11H,1-2,4,6-7,10,12H2,(H,20,21). The van der Waals surface area contributed by atoms with Gasteiger partial charge in [-0.15, -0.1) is 0 Å². The number of amides is 1. The van der Waals surface area contributed by atoms with Gasteiger partial charge in [0.05, 0.1) is 12.5 Å². The Morgan fingerprint density at radius 1 is 1.33 bits per heavy atom. The van der Waals surface area contributed by atoms with Crippen molar-refractivity contribution in [2.75, 3.05) is 6.54 Å². The molecule has 0 aliphatic rings. The number of hydrogen-bond acceptors (Lipinski definition) is 4. The first kappa shape index (κ1) is 16.6. The number of hydrogen-bond donors (Lipinski definition) is 1. The number of aromatic nitrogens is 1. The van der Waals surface area contributed by atoms with Gasteiger partial charge in [0.2, 0.25) is 5.91 Å². The first-order valence-electron chi connectivity index (χ1n) is 6.89. The van der Waals surface area contributed by atoms with Crippen molar-refractivity contribution in [2.45, 2.75) is 38.6 Å². The van der Waals surface area contributed by atoms with Crippen LogP contribution >= 0.6 is 0 Å². The van der Waals surface area contributed by atoms with E-state index in [1.165, 1.54) is 0 Å². The fraction of sp³-hybridized carbons (Fsp3) is 0.467. The number of pyridine rings is 1. The third-order valence-corrected chi connectivity index (χ3v) is 2.97. The van der Waals surface area contributed by atoms with E-state index in [-0.39, 0.29) is 18.7 Å². The number of carbonyl (C=O) groups is 2. The van der Waals surface area contributed by atoms with Crippen LogP contribution in [0.3, 0.4) is 0 Å². The predicted molar refractivity (Wildman–Crippen MR) is 76.0 cm³/mol. The van der Waals surface area contributed by atoms with Gasteiger partial charge in [-0.25, -0.2) is 0 Å². The van der Waals surface area contributed by atoms with Gasteiger partial charge < -0.3 is 10.0 Å². The topological polar surface area (TPSA) is 94.3 Å². The van der Waals surface area contributed by atoms with Crippen LogP contribution in [0.25, 0.3) is 0 Å². The Balaban J connectivity index is 2.50. The second kappa shape index (κ2) is 9.48. The van der Waals surface area contributed by atoms with Crippen molar-refractivity contribution < 1.29 is 14.7 Å². The van der Waals surface area contributed by atoms with Gasteiger partial charge >= 0.3 is 5.97 Å². The van der Waals surface area contributed by atoms with Gasteiger partial charge in [0.15, 0.2) is 0 Å². The molecule has 1 heterocycles. The SMILES string of the molecule is N#CCCN(Cc1cccnc1)C(=O)CCCCC(=O)O. The Morgan fingerprint density at radius 3 is 2.71 bits per heavy atom. The fourth-order valence-corrected chi connectivity index (χ4v) is 1.90. The van der Waals surface area contributed by atoms with Gasteiger partial charge in [0.1, 0.15) is 0 Å². The molecular formula is C15H19N3O3. The van der Waals surface area contributed by atoms with E-state index in [0.29, 0.717) is 32.4 Å². The maximum absolute atomic E-state index is 12.1. The molecule has 21 heavy (non-hydrogen) atoms. The summed E-state index contributed by atoms with van der Waals surface area (Å²) >= 11 is 0. The first-order valence-corrected chi connectivity index (χ1v) is 6.89. The van der Waals surface area contributed by atoms with E-state index in [1.54, 1.807) is 23.4 Å². The van der Waals surface area contributed by atoms with Gasteiger partial charge in [-0.1, -0.05) is 6.07 Å². The van der Waals surface area contributed by atoms with Gasteiger partial charge in [0, 0.05) is 38.3 Å². The molecule has 1 N–H and O–H groups in total. The molecule has 112 valence electrons. The van der Waals surface area contributed by atoms with Crippen LogP contribution in [0, 0.1) is 11.3 Å². The van der Waals surface area contributed by atoms with Crippen molar-refractivity contribution >= 4 is 11.9 Å². The Labute approximate surface area is 124 Å². The summed E-state index contributed by atoms with van der Waals surface area (Å²) in [5.74, 6) is -0.904. The summed E-state index contributed by atoms with van der Waals surface area (Å²) in [4.78, 5) is 28.2. The maximum Gasteiger partial charge on any atom is 0.303 e. The predicted octanol–water partition coefficient (Wildman–Crippen LogP) is 1.97. The number of unbranched alkanes of at least 4 members (excludes halogenated alkanes) is 1. The van der Waals surface area contributed by atoms with E-state index in [9.17, 15) is 9.59 Å². The molecule has 0 radical (unpaired) electrons. The molecule has 1 amide bonds. The van der Waals surface area contributed by atoms with E-state index < -0.39 is 5.97 Å². The van der Waals surface area contributed by atoms with Crippen molar-refractivity contribution in [2.24, 2.45) is 0 Å². The van der Waals surface area contributed by atoms with Crippen LogP contribution in [0.4, 0.5) is 0 Å². The average molecular weight is 289 g/mol. The summed E-state index contributed by atoms with van der Waals surface area (Å²) in [5, 5.41) is 17.2. The van der Waals surface area contributed by atoms with Gasteiger partial charge in [0.25, 0.3) is 0 Å². The molecule has 0 aliphatic carbocycles. The Bertz CT molecular complexity index is 497. The summed E-state index contributed by atoms with van der Waals surface area (Å²) in [6.07, 6.45) is 5.05. The zero-order valence-corrected chi connectivity index (χ0v) is 11.9. The quantitative estimate of drug-likeness (QED) is 0.701. The lowest BCUT2D eigenvalue weighted by molar-refractivity contribution is -0.137. The summed E-state index contributed by atoms with van der Waals surface area (Å²) < 4.78 is 0. The molecule has 0 saturated heterocycles. The van der Waals surface area contributed by atoms with E-state index in [1.807, 2.05) is 12.1 Å². The molecule has 6 nitrogen and oxygen atoms in total. The fourth-order valence-electron chi connectivity index (χ4n) is 1.90. The minimum Gasteiger partial charge on any atom is -0.481 e. The summed E-state index contributed by atoms with van der Waals surface area (Å²) in [7, 11) is 0. The summed E-state index contributed by atoms with van der Waals surface area (Å²) in [6, 6.07) is 5.71. The van der Waals surface area contributed by atoms with Crippen LogP contribution in [-0.4, -0.2) is 33.4 Å². The lowest BCUT2D eigenvalue weighted by Crippen LogP contribution is -2.31. The van der Waals surface area contributed by atoms with Gasteiger partial charge in [-0.05, 0) is 24.5 Å². The van der Waals surface area contributed by atoms with Crippen molar-refractivity contribution in [3.05, 3.63) is 30.1 Å². The van der Waals surface area contributed by atoms with Crippen LogP contribution in [0.2, 0.25) is 0 Å². The summed E-state index contributed by atoms with van der Waals surface area (Å²) in [6.45, 7) is 0.802. The zero-order chi connectivity index (χ0) is 15.5. The molecule has 1 aromatic rings. The number of carbonyl (C=O) groups excluding carboxylic acids is 1. The van der Waals surface area contributed by atoms with Crippen molar-refractivity contribution in [3.8, 4) is 6.07 Å². The molecule has 0 unspecified atom stereocenters. The summed E-state index contributed by atoms with van der Waals surface area (Å²) in [5.41, 5.74) is 0.911. The largest absolute Gasteiger partial charge is 0.481 e. The van der Waals surface area contributed by atoms with E-state index >= 15 is 0 Å². The molecule has 0 atom stereocenters. The Kier molecular flexibility index (Phi) is 7.51. The molecular weight excluding hydrogens is 270 g/mol. The van der Waals surface area contributed by atoms with Crippen molar-refractivity contribution in [3.63, 3.8) is 0 Å². The first-order chi connectivity index (χ1) is 10.1. The van der Waals surface area contributed by atoms with Crippen LogP contribution in [0.1, 0.15) is 37.7 Å². The maximum atomic E-state index is 12.1. The highest BCUT2D eigenvalue weighted by Crippen LogP contribution is 2.09. The van der Waals surface area contributed by atoms with Crippen molar-refractivity contribution in [1.29, 1.82) is 5.26 Å². The minimum atomic E-state index is -0.848. The Morgan fingerprint density at radius 2 is 2.10 bits per heavy atom. The van der Waals surface area contributed by atoms with E-state index in [2.05, 4.69) is 4.98 Å². The highest BCUT2D eigenvalue weighted by atomic mass is 16.4. The highest BCUT2D eigenvalue weighted by Gasteiger charge is 2.13. The molecule has 0 aliphatic heterocycles. The molecule has 0 fully saturated rings. The van der Waals surface area contributed by atoms with Gasteiger partial charge in [-0.3, -0.25) is 14.6 Å². The molecule has 1 aromatic heterocycles. The lowest BCUT2D eigenvalue weighted by Gasteiger charge is -2.21. The molecule has 0 aromatic carbocycles. The molecule has 1 rings (SSSR count). The normalized spacial score (nSPS) is 9.86. The monoisotopic (exact) mass is 289 g/mol. The van der Waals surface area contributed by atoms with Crippen LogP contribution in [-0.2, 0) is 16.1 Å². The highest BCUT2D eigenvalue weighted by molar-refractivity contribution is 5.76. The number of nitrogens with zero attached hydrogens (tertiary/aromatic N) is 3. The minimum absolute atomic E-state index is 0.0560. The third-order valence-electron chi connectivity index (χ3n) is 2.97. The van der Waals surface area contributed by atoms with Crippen LogP contribution < -0.4 is 0 Å². The van der Waals surface area contributed by atoms with Gasteiger partial charge in [-0.2, -0.15) is 5.26 Å². The smallest absolute Gasteiger partial charge is 0.303 e. The third kappa shape index (κ3) is 7.06. The number of rotatable bonds is 9. The number of carboxylic acid groups (broad SMARTS) is 1. The number of carboxylic acids is 1. The van der Waals surface area contributed by atoms with Crippen LogP contribution in [0.5, 0.6) is 0 Å². The number of aliphatic carboxylic acids is 1. The number of nitriles is 1. The molecule has 6 heteroatoms.